The van der Waals surface area contributed by atoms with Crippen molar-refractivity contribution in [3.05, 3.63) is 24.3 Å². The Hall–Kier alpha value is -1.42. The first-order valence-electron chi connectivity index (χ1n) is 6.35. The van der Waals surface area contributed by atoms with Crippen LogP contribution in [-0.2, 0) is 19.1 Å². The lowest BCUT2D eigenvalue weighted by Crippen LogP contribution is -2.29. The fourth-order valence-electron chi connectivity index (χ4n) is 1.73. The van der Waals surface area contributed by atoms with Crippen LogP contribution in [0, 0.1) is 0 Å². The molecular formula is C14H20O4. The molecule has 1 heterocycles. The molecule has 0 aromatic carbocycles. The third-order valence-corrected chi connectivity index (χ3v) is 2.66. The van der Waals surface area contributed by atoms with E-state index < -0.39 is 0 Å². The van der Waals surface area contributed by atoms with Crippen molar-refractivity contribution < 1.29 is 19.1 Å². The van der Waals surface area contributed by atoms with Crippen molar-refractivity contribution in [1.29, 1.82) is 0 Å². The van der Waals surface area contributed by atoms with E-state index in [2.05, 4.69) is 0 Å². The molecule has 0 N–H and O–H groups in total. The molecule has 4 heteroatoms. The maximum Gasteiger partial charge on any atom is 0.330 e. The fourth-order valence-corrected chi connectivity index (χ4v) is 1.73. The largest absolute Gasteiger partial charge is 0.463 e. The quantitative estimate of drug-likeness (QED) is 0.437. The van der Waals surface area contributed by atoms with Gasteiger partial charge in [-0.3, -0.25) is 4.79 Å². The number of ketones is 1. The summed E-state index contributed by atoms with van der Waals surface area (Å²) in [7, 11) is 0. The Morgan fingerprint density at radius 2 is 2.28 bits per heavy atom. The van der Waals surface area contributed by atoms with Crippen LogP contribution in [0.3, 0.4) is 0 Å². The molecule has 0 aliphatic carbocycles. The van der Waals surface area contributed by atoms with Crippen LogP contribution in [0.15, 0.2) is 24.3 Å². The highest BCUT2D eigenvalue weighted by molar-refractivity contribution is 5.84. The summed E-state index contributed by atoms with van der Waals surface area (Å²) < 4.78 is 10.5. The zero-order valence-corrected chi connectivity index (χ0v) is 10.9. The van der Waals surface area contributed by atoms with Crippen molar-refractivity contribution in [2.75, 3.05) is 6.61 Å². The summed E-state index contributed by atoms with van der Waals surface area (Å²) in [5.41, 5.74) is 0. The highest BCUT2D eigenvalue weighted by atomic mass is 16.5. The van der Waals surface area contributed by atoms with Gasteiger partial charge >= 0.3 is 5.97 Å². The normalized spacial score (nSPS) is 26.7. The molecule has 18 heavy (non-hydrogen) atoms. The van der Waals surface area contributed by atoms with Gasteiger partial charge in [-0.25, -0.2) is 4.79 Å². The van der Waals surface area contributed by atoms with Gasteiger partial charge in [-0.15, -0.1) is 0 Å². The summed E-state index contributed by atoms with van der Waals surface area (Å²) in [6, 6.07) is 0. The summed E-state index contributed by atoms with van der Waals surface area (Å²) in [6.45, 7) is 4.03. The van der Waals surface area contributed by atoms with E-state index >= 15 is 0 Å². The van der Waals surface area contributed by atoms with Crippen LogP contribution in [0.1, 0.15) is 33.1 Å². The Morgan fingerprint density at radius 3 is 2.94 bits per heavy atom. The average Bonchev–Trinajstić information content (AvgIpc) is 2.34. The third kappa shape index (κ3) is 4.84. The molecule has 0 saturated carbocycles. The number of rotatable bonds is 4. The first-order valence-corrected chi connectivity index (χ1v) is 6.35. The summed E-state index contributed by atoms with van der Waals surface area (Å²) in [4.78, 5) is 22.9. The minimum absolute atomic E-state index is 0.0861. The Bertz CT molecular complexity index is 344. The molecule has 2 atom stereocenters. The van der Waals surface area contributed by atoms with Gasteiger partial charge in [-0.2, -0.15) is 0 Å². The molecule has 0 aromatic heterocycles. The van der Waals surface area contributed by atoms with Gasteiger partial charge in [0.2, 0.25) is 0 Å². The Kier molecular flexibility index (Phi) is 6.36. The molecular weight excluding hydrogens is 232 g/mol. The SMILES string of the molecule is CCOC(=O)/C=C/[C@H]1C/C=C\CC(=O)[C@@H](CC)O1. The second kappa shape index (κ2) is 7.82. The standard InChI is InChI=1S/C14H20O4/c1-3-13-12(15)8-6-5-7-11(18-13)9-10-14(16)17-4-2/h5-6,9-11,13H,3-4,7-8H2,1-2H3/b6-5-,10-9+/t11-,13-/m1/s1. The van der Waals surface area contributed by atoms with E-state index in [1.54, 1.807) is 13.0 Å². The lowest BCUT2D eigenvalue weighted by molar-refractivity contribution is -0.137. The number of esters is 1. The smallest absolute Gasteiger partial charge is 0.330 e. The van der Waals surface area contributed by atoms with Crippen molar-refractivity contribution in [2.24, 2.45) is 0 Å². The fraction of sp³-hybridized carbons (Fsp3) is 0.571. The van der Waals surface area contributed by atoms with E-state index in [0.29, 0.717) is 25.9 Å². The minimum Gasteiger partial charge on any atom is -0.463 e. The number of hydrogen-bond donors (Lipinski definition) is 0. The van der Waals surface area contributed by atoms with E-state index in [1.165, 1.54) is 6.08 Å². The van der Waals surface area contributed by atoms with Crippen LogP contribution < -0.4 is 0 Å². The molecule has 1 aliphatic heterocycles. The van der Waals surface area contributed by atoms with Crippen molar-refractivity contribution in [3.8, 4) is 0 Å². The minimum atomic E-state index is -0.383. The molecule has 0 amide bonds. The van der Waals surface area contributed by atoms with E-state index in [4.69, 9.17) is 9.47 Å². The molecule has 0 unspecified atom stereocenters. The topological polar surface area (TPSA) is 52.6 Å². The highest BCUT2D eigenvalue weighted by Gasteiger charge is 2.20. The first kappa shape index (κ1) is 14.6. The van der Waals surface area contributed by atoms with Crippen LogP contribution in [0.2, 0.25) is 0 Å². The molecule has 0 spiro atoms. The van der Waals surface area contributed by atoms with Gasteiger partial charge in [0, 0.05) is 12.5 Å². The number of carbonyl (C=O) groups is 2. The summed E-state index contributed by atoms with van der Waals surface area (Å²) in [6.07, 6.45) is 7.89. The number of Topliss-reactive ketones (excluding diaryl/α,β-unsaturated/α-hetero) is 1. The van der Waals surface area contributed by atoms with Gasteiger partial charge in [0.25, 0.3) is 0 Å². The van der Waals surface area contributed by atoms with E-state index in [9.17, 15) is 9.59 Å². The predicted molar refractivity (Wildman–Crippen MR) is 68.1 cm³/mol. The van der Waals surface area contributed by atoms with Crippen LogP contribution in [0.25, 0.3) is 0 Å². The highest BCUT2D eigenvalue weighted by Crippen LogP contribution is 2.14. The molecule has 4 nitrogen and oxygen atoms in total. The van der Waals surface area contributed by atoms with Gasteiger partial charge in [-0.1, -0.05) is 19.1 Å². The maximum absolute atomic E-state index is 11.7. The van der Waals surface area contributed by atoms with Crippen LogP contribution in [0.4, 0.5) is 0 Å². The molecule has 0 aromatic rings. The molecule has 0 radical (unpaired) electrons. The summed E-state index contributed by atoms with van der Waals surface area (Å²) in [5, 5.41) is 0. The third-order valence-electron chi connectivity index (χ3n) is 2.66. The maximum atomic E-state index is 11.7. The molecule has 0 fully saturated rings. The van der Waals surface area contributed by atoms with Crippen LogP contribution >= 0.6 is 0 Å². The van der Waals surface area contributed by atoms with Crippen molar-refractivity contribution in [2.45, 2.75) is 45.3 Å². The Balaban J connectivity index is 2.63. The first-order chi connectivity index (χ1) is 8.67. The summed E-state index contributed by atoms with van der Waals surface area (Å²) in [5.74, 6) is -0.297. The van der Waals surface area contributed by atoms with Crippen molar-refractivity contribution >= 4 is 11.8 Å². The van der Waals surface area contributed by atoms with Gasteiger partial charge < -0.3 is 9.47 Å². The summed E-state index contributed by atoms with van der Waals surface area (Å²) >= 11 is 0. The number of ether oxygens (including phenoxy) is 2. The number of allylic oxidation sites excluding steroid dienone is 1. The second-order valence-electron chi connectivity index (χ2n) is 4.06. The molecule has 1 aliphatic rings. The van der Waals surface area contributed by atoms with E-state index in [1.807, 2.05) is 19.1 Å². The second-order valence-corrected chi connectivity index (χ2v) is 4.06. The van der Waals surface area contributed by atoms with Gasteiger partial charge in [0.1, 0.15) is 6.10 Å². The van der Waals surface area contributed by atoms with Gasteiger partial charge in [-0.05, 0) is 25.8 Å². The predicted octanol–water partition coefficient (Wildman–Crippen LogP) is 2.19. The van der Waals surface area contributed by atoms with E-state index in [-0.39, 0.29) is 24.0 Å². The van der Waals surface area contributed by atoms with Crippen molar-refractivity contribution in [1.82, 2.24) is 0 Å². The van der Waals surface area contributed by atoms with Crippen LogP contribution in [0.5, 0.6) is 0 Å². The molecule has 1 rings (SSSR count). The average molecular weight is 252 g/mol. The lowest BCUT2D eigenvalue weighted by Gasteiger charge is -2.21. The van der Waals surface area contributed by atoms with Crippen LogP contribution in [-0.4, -0.2) is 30.6 Å². The lowest BCUT2D eigenvalue weighted by atomic mass is 10.1. The molecule has 0 saturated heterocycles. The Labute approximate surface area is 108 Å². The zero-order chi connectivity index (χ0) is 13.4. The number of carbonyl (C=O) groups excluding carboxylic acids is 2. The zero-order valence-electron chi connectivity index (χ0n) is 10.9. The Morgan fingerprint density at radius 1 is 1.50 bits per heavy atom. The monoisotopic (exact) mass is 252 g/mol. The number of hydrogen-bond acceptors (Lipinski definition) is 4. The van der Waals surface area contributed by atoms with Gasteiger partial charge in [0.15, 0.2) is 5.78 Å². The van der Waals surface area contributed by atoms with Gasteiger partial charge in [0.05, 0.1) is 12.7 Å². The van der Waals surface area contributed by atoms with Crippen molar-refractivity contribution in [3.63, 3.8) is 0 Å². The molecule has 0 bridgehead atoms. The van der Waals surface area contributed by atoms with E-state index in [0.717, 1.165) is 0 Å². The molecule has 100 valence electrons.